The average molecular weight is 152 g/mol. The smallest absolute Gasteiger partial charge is 0.0731 e. The second-order valence-corrected chi connectivity index (χ2v) is 3.04. The molecule has 52 valence electrons. The van der Waals surface area contributed by atoms with Crippen LogP contribution in [0.4, 0.5) is 0 Å². The molecular formula is C8H8OS. The Hall–Kier alpha value is -0.470. The van der Waals surface area contributed by atoms with Crippen molar-refractivity contribution in [2.75, 3.05) is 13.2 Å². The standard InChI is InChI=1S/C8H8OS/c1-3-9-5-8-6-10-4-2-7(1)8/h1-2,4,6H,3,5H2. The van der Waals surface area contributed by atoms with Gasteiger partial charge in [0.25, 0.3) is 0 Å². The molecule has 0 bridgehead atoms. The fourth-order valence-electron chi connectivity index (χ4n) is 1.04. The molecule has 2 heterocycles. The maximum absolute atomic E-state index is 5.25. The lowest BCUT2D eigenvalue weighted by molar-refractivity contribution is 0.181. The van der Waals surface area contributed by atoms with Gasteiger partial charge in [-0.15, -0.1) is 11.8 Å². The Bertz CT molecular complexity index is 225. The van der Waals surface area contributed by atoms with Gasteiger partial charge in [0.05, 0.1) is 13.2 Å². The number of rotatable bonds is 0. The molecule has 0 aliphatic carbocycles. The van der Waals surface area contributed by atoms with Crippen molar-refractivity contribution in [3.8, 4) is 0 Å². The predicted molar refractivity (Wildman–Crippen MR) is 43.7 cm³/mol. The molecule has 0 spiro atoms. The summed E-state index contributed by atoms with van der Waals surface area (Å²) in [6.45, 7) is 1.55. The SMILES string of the molecule is C1=CC2=CCOCC2=CS1. The summed E-state index contributed by atoms with van der Waals surface area (Å²) in [6, 6.07) is 0. The maximum atomic E-state index is 5.25. The van der Waals surface area contributed by atoms with E-state index in [0.29, 0.717) is 0 Å². The van der Waals surface area contributed by atoms with Crippen molar-refractivity contribution in [1.29, 1.82) is 0 Å². The van der Waals surface area contributed by atoms with Crippen molar-refractivity contribution in [2.24, 2.45) is 0 Å². The van der Waals surface area contributed by atoms with E-state index in [1.807, 2.05) is 0 Å². The van der Waals surface area contributed by atoms with Crippen LogP contribution in [0, 0.1) is 0 Å². The summed E-state index contributed by atoms with van der Waals surface area (Å²) < 4.78 is 5.25. The van der Waals surface area contributed by atoms with Crippen molar-refractivity contribution in [3.63, 3.8) is 0 Å². The topological polar surface area (TPSA) is 9.23 Å². The van der Waals surface area contributed by atoms with E-state index >= 15 is 0 Å². The first kappa shape index (κ1) is 6.25. The second-order valence-electron chi connectivity index (χ2n) is 2.26. The highest BCUT2D eigenvalue weighted by Gasteiger charge is 2.09. The van der Waals surface area contributed by atoms with Gasteiger partial charge >= 0.3 is 0 Å². The maximum Gasteiger partial charge on any atom is 0.0731 e. The van der Waals surface area contributed by atoms with Crippen LogP contribution >= 0.6 is 11.8 Å². The highest BCUT2D eigenvalue weighted by molar-refractivity contribution is 8.05. The van der Waals surface area contributed by atoms with Gasteiger partial charge in [-0.1, -0.05) is 6.08 Å². The largest absolute Gasteiger partial charge is 0.373 e. The van der Waals surface area contributed by atoms with Crippen molar-refractivity contribution in [3.05, 3.63) is 34.1 Å². The van der Waals surface area contributed by atoms with E-state index in [9.17, 15) is 0 Å². The van der Waals surface area contributed by atoms with Crippen LogP contribution in [0.2, 0.25) is 0 Å². The number of ether oxygens (including phenoxy) is 1. The van der Waals surface area contributed by atoms with Crippen molar-refractivity contribution in [1.82, 2.24) is 0 Å². The molecule has 2 aliphatic rings. The zero-order chi connectivity index (χ0) is 6.81. The quantitative estimate of drug-likeness (QED) is 0.525. The van der Waals surface area contributed by atoms with Crippen LogP contribution in [0.15, 0.2) is 34.1 Å². The lowest BCUT2D eigenvalue weighted by Crippen LogP contribution is -2.07. The normalized spacial score (nSPS) is 23.2. The minimum absolute atomic E-state index is 0.766. The predicted octanol–water partition coefficient (Wildman–Crippen LogP) is 2.09. The second kappa shape index (κ2) is 2.64. The van der Waals surface area contributed by atoms with Gasteiger partial charge < -0.3 is 4.74 Å². The van der Waals surface area contributed by atoms with Crippen LogP contribution in [0.3, 0.4) is 0 Å². The van der Waals surface area contributed by atoms with Gasteiger partial charge in [-0.25, -0.2) is 0 Å². The fourth-order valence-corrected chi connectivity index (χ4v) is 1.72. The Kier molecular flexibility index (Phi) is 1.65. The van der Waals surface area contributed by atoms with Gasteiger partial charge in [0.1, 0.15) is 0 Å². The van der Waals surface area contributed by atoms with Crippen LogP contribution in [0.1, 0.15) is 0 Å². The molecule has 0 aromatic heterocycles. The van der Waals surface area contributed by atoms with Gasteiger partial charge in [0, 0.05) is 0 Å². The monoisotopic (exact) mass is 152 g/mol. The van der Waals surface area contributed by atoms with E-state index in [1.54, 1.807) is 11.8 Å². The molecular weight excluding hydrogens is 144 g/mol. The summed E-state index contributed by atoms with van der Waals surface area (Å²) in [5, 5.41) is 4.24. The first-order valence-corrected chi connectivity index (χ1v) is 4.20. The highest BCUT2D eigenvalue weighted by Crippen LogP contribution is 2.25. The zero-order valence-electron chi connectivity index (χ0n) is 5.54. The first-order chi connectivity index (χ1) is 4.97. The Labute approximate surface area is 64.5 Å². The molecule has 0 saturated carbocycles. The molecule has 2 rings (SSSR count). The third-order valence-electron chi connectivity index (χ3n) is 1.59. The van der Waals surface area contributed by atoms with Crippen molar-refractivity contribution < 1.29 is 4.74 Å². The third-order valence-corrected chi connectivity index (χ3v) is 2.30. The van der Waals surface area contributed by atoms with Crippen LogP contribution in [-0.2, 0) is 4.74 Å². The lowest BCUT2D eigenvalue weighted by Gasteiger charge is -2.16. The molecule has 0 amide bonds. The molecule has 0 saturated heterocycles. The van der Waals surface area contributed by atoms with Gasteiger partial charge in [-0.05, 0) is 28.0 Å². The molecule has 0 aromatic carbocycles. The van der Waals surface area contributed by atoms with E-state index in [2.05, 4.69) is 23.0 Å². The van der Waals surface area contributed by atoms with Gasteiger partial charge in [0.15, 0.2) is 0 Å². The van der Waals surface area contributed by atoms with E-state index in [0.717, 1.165) is 13.2 Å². The van der Waals surface area contributed by atoms with Crippen LogP contribution < -0.4 is 0 Å². The highest BCUT2D eigenvalue weighted by atomic mass is 32.2. The fraction of sp³-hybridized carbons (Fsp3) is 0.250. The summed E-state index contributed by atoms with van der Waals surface area (Å²) in [7, 11) is 0. The van der Waals surface area contributed by atoms with E-state index in [1.165, 1.54) is 11.1 Å². The number of thioether (sulfide) groups is 1. The summed E-state index contributed by atoms with van der Waals surface area (Å²) in [4.78, 5) is 0. The Morgan fingerprint density at radius 1 is 1.50 bits per heavy atom. The molecule has 0 aromatic rings. The number of allylic oxidation sites excluding steroid dienone is 1. The molecule has 2 heteroatoms. The Morgan fingerprint density at radius 2 is 2.50 bits per heavy atom. The van der Waals surface area contributed by atoms with Crippen LogP contribution in [0.25, 0.3) is 0 Å². The Morgan fingerprint density at radius 3 is 3.40 bits per heavy atom. The Balaban J connectivity index is 2.32. The summed E-state index contributed by atoms with van der Waals surface area (Å²) in [5.74, 6) is 0. The third kappa shape index (κ3) is 1.04. The molecule has 0 fully saturated rings. The zero-order valence-corrected chi connectivity index (χ0v) is 6.36. The number of hydrogen-bond donors (Lipinski definition) is 0. The molecule has 0 N–H and O–H groups in total. The van der Waals surface area contributed by atoms with Crippen LogP contribution in [-0.4, -0.2) is 13.2 Å². The summed E-state index contributed by atoms with van der Waals surface area (Å²) >= 11 is 1.72. The van der Waals surface area contributed by atoms with Gasteiger partial charge in [-0.3, -0.25) is 0 Å². The minimum atomic E-state index is 0.766. The minimum Gasteiger partial charge on any atom is -0.373 e. The average Bonchev–Trinajstić information content (AvgIpc) is 2.05. The molecule has 1 nitrogen and oxygen atoms in total. The van der Waals surface area contributed by atoms with Crippen molar-refractivity contribution >= 4 is 11.8 Å². The van der Waals surface area contributed by atoms with Crippen LogP contribution in [0.5, 0.6) is 0 Å². The molecule has 10 heavy (non-hydrogen) atoms. The van der Waals surface area contributed by atoms with Crippen molar-refractivity contribution in [2.45, 2.75) is 0 Å². The summed E-state index contributed by atoms with van der Waals surface area (Å²) in [6.07, 6.45) is 4.26. The lowest BCUT2D eigenvalue weighted by atomic mass is 10.1. The summed E-state index contributed by atoms with van der Waals surface area (Å²) in [5.41, 5.74) is 2.66. The molecule has 2 aliphatic heterocycles. The number of fused-ring (bicyclic) bond motifs is 1. The van der Waals surface area contributed by atoms with E-state index in [-0.39, 0.29) is 0 Å². The number of hydrogen-bond acceptors (Lipinski definition) is 2. The molecule has 0 radical (unpaired) electrons. The van der Waals surface area contributed by atoms with E-state index in [4.69, 9.17) is 4.74 Å². The molecule has 0 unspecified atom stereocenters. The van der Waals surface area contributed by atoms with Gasteiger partial charge in [-0.2, -0.15) is 0 Å². The first-order valence-electron chi connectivity index (χ1n) is 3.26. The van der Waals surface area contributed by atoms with E-state index < -0.39 is 0 Å². The molecule has 0 atom stereocenters. The van der Waals surface area contributed by atoms with Gasteiger partial charge in [0.2, 0.25) is 0 Å².